The van der Waals surface area contributed by atoms with E-state index >= 15 is 0 Å². The highest BCUT2D eigenvalue weighted by molar-refractivity contribution is 7.92. The van der Waals surface area contributed by atoms with Crippen LogP contribution >= 0.6 is 0 Å². The maximum Gasteiger partial charge on any atom is 0.433 e. The zero-order valence-corrected chi connectivity index (χ0v) is 20.3. The van der Waals surface area contributed by atoms with Crippen LogP contribution in [0.4, 0.5) is 17.6 Å². The lowest BCUT2D eigenvalue weighted by molar-refractivity contribution is -0.141. The van der Waals surface area contributed by atoms with Gasteiger partial charge in [-0.05, 0) is 63.1 Å². The number of nitrogens with zero attached hydrogens (tertiary/aromatic N) is 3. The van der Waals surface area contributed by atoms with Crippen LogP contribution in [0.1, 0.15) is 43.1 Å². The number of sulfone groups is 1. The van der Waals surface area contributed by atoms with E-state index in [1.807, 2.05) is 0 Å². The fourth-order valence-electron chi connectivity index (χ4n) is 4.55. The molecular weight excluding hydrogens is 500 g/mol. The van der Waals surface area contributed by atoms with E-state index in [2.05, 4.69) is 15.4 Å². The molecule has 2 unspecified atom stereocenters. The molecule has 36 heavy (non-hydrogen) atoms. The summed E-state index contributed by atoms with van der Waals surface area (Å²) in [5.41, 5.74) is -0.728. The zero-order chi connectivity index (χ0) is 26.3. The highest BCUT2D eigenvalue weighted by atomic mass is 32.2. The Hall–Kier alpha value is -3.28. The average Bonchev–Trinajstić information content (AvgIpc) is 3.41. The Kier molecular flexibility index (Phi) is 6.67. The van der Waals surface area contributed by atoms with E-state index in [1.54, 1.807) is 20.0 Å². The number of rotatable bonds is 6. The van der Waals surface area contributed by atoms with E-state index in [9.17, 15) is 30.8 Å². The molecule has 192 valence electrons. The lowest BCUT2D eigenvalue weighted by Gasteiger charge is -2.30. The molecule has 0 spiro atoms. The molecule has 1 aliphatic carbocycles. The average molecular weight is 525 g/mol. The van der Waals surface area contributed by atoms with E-state index in [0.29, 0.717) is 36.2 Å². The minimum Gasteiger partial charge on any atom is -0.351 e. The summed E-state index contributed by atoms with van der Waals surface area (Å²) in [6.07, 6.45) is -0.689. The number of hydrogen-bond acceptors (Lipinski definition) is 5. The molecule has 1 saturated carbocycles. The Balaban J connectivity index is 1.49. The van der Waals surface area contributed by atoms with Gasteiger partial charge in [-0.1, -0.05) is 6.42 Å². The summed E-state index contributed by atoms with van der Waals surface area (Å²) in [4.78, 5) is 16.6. The van der Waals surface area contributed by atoms with Gasteiger partial charge in [0.15, 0.2) is 9.84 Å². The summed E-state index contributed by atoms with van der Waals surface area (Å²) in [6.45, 7) is 3.36. The number of pyridine rings is 1. The van der Waals surface area contributed by atoms with E-state index in [-0.39, 0.29) is 11.4 Å². The molecule has 0 bridgehead atoms. The van der Waals surface area contributed by atoms with Gasteiger partial charge in [-0.2, -0.15) is 18.3 Å². The van der Waals surface area contributed by atoms with Crippen molar-refractivity contribution in [3.05, 3.63) is 71.6 Å². The number of hydrogen-bond donors (Lipinski definition) is 1. The largest absolute Gasteiger partial charge is 0.433 e. The number of benzene rings is 1. The number of carbonyl (C=O) groups excluding carboxylic acids is 1. The van der Waals surface area contributed by atoms with Crippen LogP contribution < -0.4 is 5.32 Å². The summed E-state index contributed by atoms with van der Waals surface area (Å²) in [5.74, 6) is -0.983. The van der Waals surface area contributed by atoms with Crippen LogP contribution in [0.15, 0.2) is 53.7 Å². The molecule has 7 nitrogen and oxygen atoms in total. The smallest absolute Gasteiger partial charge is 0.351 e. The molecule has 0 saturated heterocycles. The standard InChI is InChI=1S/C24H24F4N4O3S/c1-15-16(14-32(31-15)18-7-10-20(29-13-18)24(26,27)28)12-30-22(33)23(2)11-3-4-21(23)36(34,35)19-8-5-17(25)6-9-19/h5-10,13-14,21H,3-4,11-12H2,1-2H3,(H,30,33). The Morgan fingerprint density at radius 3 is 2.50 bits per heavy atom. The third-order valence-corrected chi connectivity index (χ3v) is 9.09. The normalized spacial score (nSPS) is 20.4. The summed E-state index contributed by atoms with van der Waals surface area (Å²) in [7, 11) is -3.88. The molecule has 12 heteroatoms. The molecule has 1 aromatic carbocycles. The molecular formula is C24H24F4N4O3S. The first-order chi connectivity index (χ1) is 16.8. The second-order valence-corrected chi connectivity index (χ2v) is 11.2. The number of amides is 1. The Morgan fingerprint density at radius 2 is 1.89 bits per heavy atom. The van der Waals surface area contributed by atoms with Gasteiger partial charge in [-0.25, -0.2) is 22.5 Å². The molecule has 0 radical (unpaired) electrons. The predicted molar refractivity (Wildman–Crippen MR) is 122 cm³/mol. The molecule has 1 aliphatic rings. The van der Waals surface area contributed by atoms with Gasteiger partial charge in [0.25, 0.3) is 0 Å². The second-order valence-electron chi connectivity index (χ2n) is 9.06. The number of carbonyl (C=O) groups is 1. The van der Waals surface area contributed by atoms with Crippen molar-refractivity contribution < 1.29 is 30.8 Å². The molecule has 1 fully saturated rings. The van der Waals surface area contributed by atoms with Gasteiger partial charge in [0, 0.05) is 18.3 Å². The van der Waals surface area contributed by atoms with Crippen molar-refractivity contribution in [1.29, 1.82) is 0 Å². The summed E-state index contributed by atoms with van der Waals surface area (Å²) >= 11 is 0. The van der Waals surface area contributed by atoms with Crippen molar-refractivity contribution in [3.63, 3.8) is 0 Å². The molecule has 1 amide bonds. The van der Waals surface area contributed by atoms with Crippen LogP contribution in [0.25, 0.3) is 5.69 Å². The molecule has 2 atom stereocenters. The quantitative estimate of drug-likeness (QED) is 0.382. The van der Waals surface area contributed by atoms with Crippen molar-refractivity contribution in [1.82, 2.24) is 20.1 Å². The van der Waals surface area contributed by atoms with Crippen molar-refractivity contribution in [2.24, 2.45) is 5.41 Å². The van der Waals surface area contributed by atoms with Gasteiger partial charge in [0.1, 0.15) is 11.5 Å². The molecule has 0 aliphatic heterocycles. The summed E-state index contributed by atoms with van der Waals surface area (Å²) < 4.78 is 79.4. The maximum absolute atomic E-state index is 13.3. The first kappa shape index (κ1) is 25.8. The SMILES string of the molecule is Cc1nn(-c2ccc(C(F)(F)F)nc2)cc1CNC(=O)C1(C)CCCC1S(=O)(=O)c1ccc(F)cc1. The van der Waals surface area contributed by atoms with Crippen LogP contribution in [0.3, 0.4) is 0 Å². The number of aryl methyl sites for hydroxylation is 1. The fourth-order valence-corrected chi connectivity index (χ4v) is 6.78. The Labute approximate surface area is 205 Å². The van der Waals surface area contributed by atoms with Crippen LogP contribution in [0.5, 0.6) is 0 Å². The topological polar surface area (TPSA) is 93.9 Å². The van der Waals surface area contributed by atoms with Crippen LogP contribution in [0, 0.1) is 18.2 Å². The monoisotopic (exact) mass is 524 g/mol. The number of alkyl halides is 3. The molecule has 1 N–H and O–H groups in total. The molecule has 4 rings (SSSR count). The number of halogens is 4. The third kappa shape index (κ3) is 4.86. The van der Waals surface area contributed by atoms with E-state index < -0.39 is 44.1 Å². The van der Waals surface area contributed by atoms with Gasteiger partial charge < -0.3 is 5.32 Å². The lowest BCUT2D eigenvalue weighted by Crippen LogP contribution is -2.46. The van der Waals surface area contributed by atoms with Gasteiger partial charge in [-0.15, -0.1) is 0 Å². The van der Waals surface area contributed by atoms with Gasteiger partial charge in [0.05, 0.1) is 33.1 Å². The molecule has 2 heterocycles. The first-order valence-corrected chi connectivity index (χ1v) is 12.7. The van der Waals surface area contributed by atoms with E-state index in [4.69, 9.17) is 0 Å². The van der Waals surface area contributed by atoms with Gasteiger partial charge in [-0.3, -0.25) is 4.79 Å². The van der Waals surface area contributed by atoms with E-state index in [0.717, 1.165) is 24.4 Å². The number of nitrogens with one attached hydrogen (secondary N) is 1. The predicted octanol–water partition coefficient (Wildman–Crippen LogP) is 4.38. The minimum atomic E-state index is -4.55. The maximum atomic E-state index is 13.3. The van der Waals surface area contributed by atoms with Crippen LogP contribution in [0.2, 0.25) is 0 Å². The van der Waals surface area contributed by atoms with Crippen molar-refractivity contribution in [2.75, 3.05) is 0 Å². The Bertz CT molecular complexity index is 1370. The van der Waals surface area contributed by atoms with Crippen molar-refractivity contribution >= 4 is 15.7 Å². The van der Waals surface area contributed by atoms with Crippen molar-refractivity contribution in [3.8, 4) is 5.69 Å². The highest BCUT2D eigenvalue weighted by Gasteiger charge is 2.51. The molecule has 3 aromatic rings. The zero-order valence-electron chi connectivity index (χ0n) is 19.5. The van der Waals surface area contributed by atoms with Crippen LogP contribution in [-0.4, -0.2) is 34.3 Å². The van der Waals surface area contributed by atoms with Gasteiger partial charge >= 0.3 is 6.18 Å². The minimum absolute atomic E-state index is 0.0305. The van der Waals surface area contributed by atoms with Crippen molar-refractivity contribution in [2.45, 2.75) is 56.0 Å². The highest BCUT2D eigenvalue weighted by Crippen LogP contribution is 2.44. The number of aromatic nitrogens is 3. The van der Waals surface area contributed by atoms with Gasteiger partial charge in [0.2, 0.25) is 5.91 Å². The lowest BCUT2D eigenvalue weighted by atomic mass is 9.87. The summed E-state index contributed by atoms with van der Waals surface area (Å²) in [6, 6.07) is 6.66. The summed E-state index contributed by atoms with van der Waals surface area (Å²) in [5, 5.41) is 6.12. The molecule has 2 aromatic heterocycles. The second kappa shape index (κ2) is 9.30. The Morgan fingerprint density at radius 1 is 1.19 bits per heavy atom. The van der Waals surface area contributed by atoms with E-state index in [1.165, 1.54) is 22.9 Å². The first-order valence-electron chi connectivity index (χ1n) is 11.2. The fraction of sp³-hybridized carbons (Fsp3) is 0.375. The van der Waals surface area contributed by atoms with Crippen LogP contribution in [-0.2, 0) is 27.4 Å². The third-order valence-electron chi connectivity index (χ3n) is 6.65.